The molecule has 2 aliphatic rings. The highest BCUT2D eigenvalue weighted by molar-refractivity contribution is 5.73. The minimum Gasteiger partial charge on any atom is -0.368 e. The van der Waals surface area contributed by atoms with Gasteiger partial charge in [0.25, 0.3) is 0 Å². The second-order valence-corrected chi connectivity index (χ2v) is 12.2. The zero-order valence-electron chi connectivity index (χ0n) is 27.7. The number of carbonyl (C=O) groups excluding carboxylic acids is 2. The molecule has 10 nitrogen and oxygen atoms in total. The van der Waals surface area contributed by atoms with Gasteiger partial charge in [-0.05, 0) is 34.8 Å². The van der Waals surface area contributed by atoms with Gasteiger partial charge in [-0.2, -0.15) is 0 Å². The van der Waals surface area contributed by atoms with E-state index < -0.39 is 12.6 Å². The van der Waals surface area contributed by atoms with Crippen LogP contribution >= 0.6 is 0 Å². The number of benzene rings is 2. The Morgan fingerprint density at radius 2 is 1.11 bits per heavy atom. The van der Waals surface area contributed by atoms with Crippen LogP contribution in [0.4, 0.5) is 0 Å². The van der Waals surface area contributed by atoms with E-state index in [4.69, 9.17) is 23.7 Å². The molecule has 0 saturated carbocycles. The second kappa shape index (κ2) is 18.3. The van der Waals surface area contributed by atoms with Crippen LogP contribution in [0.15, 0.2) is 60.7 Å². The van der Waals surface area contributed by atoms with E-state index in [9.17, 15) is 14.7 Å². The van der Waals surface area contributed by atoms with Gasteiger partial charge in [-0.15, -0.1) is 0 Å². The topological polar surface area (TPSA) is 125 Å². The van der Waals surface area contributed by atoms with E-state index in [-0.39, 0.29) is 59.9 Å². The smallest absolute Gasteiger partial charge is 0.216 e. The highest BCUT2D eigenvalue weighted by atomic mass is 16.7. The van der Waals surface area contributed by atoms with Crippen LogP contribution in [0.1, 0.15) is 52.7 Å². The second-order valence-electron chi connectivity index (χ2n) is 12.2. The average molecular weight is 629 g/mol. The van der Waals surface area contributed by atoms with Crippen LogP contribution in [-0.2, 0) is 46.5 Å². The molecule has 2 fully saturated rings. The molecule has 250 valence electrons. The number of rotatable bonds is 11. The maximum Gasteiger partial charge on any atom is 0.216 e. The van der Waals surface area contributed by atoms with E-state index in [0.717, 1.165) is 11.1 Å². The maximum absolute atomic E-state index is 11.1. The predicted octanol–water partition coefficient (Wildman–Crippen LogP) is 4.05. The van der Waals surface area contributed by atoms with E-state index in [1.54, 1.807) is 7.11 Å². The van der Waals surface area contributed by atoms with Gasteiger partial charge < -0.3 is 39.4 Å². The fraction of sp³-hybridized carbons (Fsp3) is 0.600. The molecule has 2 aromatic carbocycles. The Bertz CT molecular complexity index is 1150. The quantitative estimate of drug-likeness (QED) is 0.341. The number of aliphatic hydroxyl groups excluding tert-OH is 1. The van der Waals surface area contributed by atoms with Gasteiger partial charge in [0.2, 0.25) is 11.8 Å². The van der Waals surface area contributed by atoms with Crippen LogP contribution in [0.5, 0.6) is 0 Å². The van der Waals surface area contributed by atoms with Crippen molar-refractivity contribution in [3.05, 3.63) is 71.8 Å². The third kappa shape index (κ3) is 11.2. The average Bonchev–Trinajstić information content (AvgIpc) is 3.03. The molecule has 2 amide bonds. The minimum atomic E-state index is -0.978. The summed E-state index contributed by atoms with van der Waals surface area (Å²) in [7, 11) is 1.63. The van der Waals surface area contributed by atoms with Crippen molar-refractivity contribution >= 4 is 11.8 Å². The lowest BCUT2D eigenvalue weighted by molar-refractivity contribution is -0.273. The van der Waals surface area contributed by atoms with E-state index in [1.807, 2.05) is 67.6 Å². The molecule has 10 atom stereocenters. The number of nitrogens with one attached hydrogen (secondary N) is 2. The molecule has 0 aliphatic carbocycles. The lowest BCUT2D eigenvalue weighted by Gasteiger charge is -2.44. The van der Waals surface area contributed by atoms with Gasteiger partial charge in [0.1, 0.15) is 12.2 Å². The minimum absolute atomic E-state index is 0.0510. The van der Waals surface area contributed by atoms with Gasteiger partial charge >= 0.3 is 0 Å². The molecule has 2 saturated heterocycles. The Hall–Kier alpha value is -2.86. The summed E-state index contributed by atoms with van der Waals surface area (Å²) in [6.45, 7) is 13.2. The van der Waals surface area contributed by atoms with E-state index >= 15 is 0 Å². The number of carbonyl (C=O) groups is 2. The van der Waals surface area contributed by atoms with Gasteiger partial charge in [0.05, 0.1) is 25.4 Å². The van der Waals surface area contributed by atoms with Crippen LogP contribution in [0, 0.1) is 23.7 Å². The number of amides is 2. The molecule has 10 heteroatoms. The Labute approximate surface area is 268 Å². The van der Waals surface area contributed by atoms with Crippen LogP contribution in [0.3, 0.4) is 0 Å². The standard InChI is InChI=1S/C18H27NO4.C17H25NO4/c1-12-13(2)17(22-11-15-8-6-5-7-9-15)18(21-4)23-16(12)10-19-14(3)20;1-11-12(2)16(21-10-14-7-5-4-6-8-14)17(20)22-15(11)9-18-13(3)19/h5-9,12-13,16-18H,10-11H2,1-4H3,(H,19,20);4-8,11-12,15-17,20H,9-10H2,1-3H3,(H,18,19). The Balaban J connectivity index is 0.000000246. The molecule has 0 radical (unpaired) electrons. The summed E-state index contributed by atoms with van der Waals surface area (Å²) >= 11 is 0. The molecular weight excluding hydrogens is 576 g/mol. The molecule has 45 heavy (non-hydrogen) atoms. The molecule has 2 aromatic rings. The Morgan fingerprint density at radius 3 is 1.56 bits per heavy atom. The predicted molar refractivity (Wildman–Crippen MR) is 171 cm³/mol. The number of aliphatic hydroxyl groups is 1. The summed E-state index contributed by atoms with van der Waals surface area (Å²) in [5, 5.41) is 15.8. The van der Waals surface area contributed by atoms with Crippen LogP contribution < -0.4 is 10.6 Å². The molecule has 2 aliphatic heterocycles. The number of hydrogen-bond acceptors (Lipinski definition) is 8. The van der Waals surface area contributed by atoms with Crippen LogP contribution in [0.2, 0.25) is 0 Å². The fourth-order valence-electron chi connectivity index (χ4n) is 5.68. The maximum atomic E-state index is 11.1. The molecule has 4 rings (SSSR count). The van der Waals surface area contributed by atoms with Crippen molar-refractivity contribution in [3.63, 3.8) is 0 Å². The van der Waals surface area contributed by atoms with E-state index in [0.29, 0.717) is 26.3 Å². The molecule has 10 unspecified atom stereocenters. The Kier molecular flexibility index (Phi) is 14.9. The van der Waals surface area contributed by atoms with Gasteiger partial charge in [0, 0.05) is 34.0 Å². The summed E-state index contributed by atoms with van der Waals surface area (Å²) < 4.78 is 29.1. The first-order chi connectivity index (χ1) is 21.5. The summed E-state index contributed by atoms with van der Waals surface area (Å²) in [6, 6.07) is 19.9. The third-order valence-electron chi connectivity index (χ3n) is 8.95. The van der Waals surface area contributed by atoms with E-state index in [1.165, 1.54) is 13.8 Å². The SMILES string of the molecule is CC(=O)NCC1OC(O)C(OCc2ccccc2)C(C)C1C.COC1OC(CNC(C)=O)C(C)C(C)C1OCc1ccccc1. The van der Waals surface area contributed by atoms with Crippen LogP contribution in [-0.4, -0.2) is 74.1 Å². The van der Waals surface area contributed by atoms with Gasteiger partial charge in [0.15, 0.2) is 12.6 Å². The lowest BCUT2D eigenvalue weighted by Crippen LogP contribution is -2.54. The third-order valence-corrected chi connectivity index (χ3v) is 8.95. The van der Waals surface area contributed by atoms with Crippen molar-refractivity contribution in [1.29, 1.82) is 0 Å². The normalized spacial score (nSPS) is 31.3. The monoisotopic (exact) mass is 628 g/mol. The first kappa shape index (κ1) is 36.6. The van der Waals surface area contributed by atoms with Crippen LogP contribution in [0.25, 0.3) is 0 Å². The summed E-state index contributed by atoms with van der Waals surface area (Å²) in [4.78, 5) is 22.2. The first-order valence-corrected chi connectivity index (χ1v) is 15.8. The zero-order valence-corrected chi connectivity index (χ0v) is 27.7. The van der Waals surface area contributed by atoms with Crippen molar-refractivity contribution in [2.45, 2.75) is 91.8 Å². The van der Waals surface area contributed by atoms with Crippen molar-refractivity contribution in [2.75, 3.05) is 20.2 Å². The first-order valence-electron chi connectivity index (χ1n) is 15.8. The van der Waals surface area contributed by atoms with E-state index in [2.05, 4.69) is 31.4 Å². The zero-order chi connectivity index (χ0) is 32.9. The number of methoxy groups -OCH3 is 1. The Morgan fingerprint density at radius 1 is 0.689 bits per heavy atom. The largest absolute Gasteiger partial charge is 0.368 e. The molecule has 3 N–H and O–H groups in total. The fourth-order valence-corrected chi connectivity index (χ4v) is 5.68. The molecule has 0 spiro atoms. The van der Waals surface area contributed by atoms with Crippen molar-refractivity contribution in [1.82, 2.24) is 10.6 Å². The van der Waals surface area contributed by atoms with Crippen molar-refractivity contribution in [2.24, 2.45) is 23.7 Å². The number of ether oxygens (including phenoxy) is 5. The lowest BCUT2D eigenvalue weighted by atomic mass is 9.83. The van der Waals surface area contributed by atoms with Crippen molar-refractivity contribution in [3.8, 4) is 0 Å². The molecule has 0 aromatic heterocycles. The van der Waals surface area contributed by atoms with Gasteiger partial charge in [-0.3, -0.25) is 9.59 Å². The summed E-state index contributed by atoms with van der Waals surface area (Å²) in [6.07, 6.45) is -2.19. The van der Waals surface area contributed by atoms with Crippen molar-refractivity contribution < 1.29 is 38.4 Å². The van der Waals surface area contributed by atoms with Gasteiger partial charge in [-0.1, -0.05) is 88.4 Å². The van der Waals surface area contributed by atoms with Gasteiger partial charge in [-0.25, -0.2) is 0 Å². The molecule has 0 bridgehead atoms. The summed E-state index contributed by atoms with van der Waals surface area (Å²) in [5.74, 6) is 0.678. The highest BCUT2D eigenvalue weighted by Gasteiger charge is 2.43. The number of hydrogen-bond donors (Lipinski definition) is 3. The molecular formula is C35H52N2O8. The molecule has 2 heterocycles. The highest BCUT2D eigenvalue weighted by Crippen LogP contribution is 2.34. The summed E-state index contributed by atoms with van der Waals surface area (Å²) in [5.41, 5.74) is 2.19.